The van der Waals surface area contributed by atoms with Crippen molar-refractivity contribution in [2.75, 3.05) is 7.11 Å². The zero-order valence-corrected chi connectivity index (χ0v) is 14.8. The molecular weight excluding hydrogens is 338 g/mol. The number of hydrogen-bond acceptors (Lipinski definition) is 5. The molecular formula is C19H19NO4S. The molecule has 1 aromatic heterocycles. The predicted molar refractivity (Wildman–Crippen MR) is 100 cm³/mol. The monoisotopic (exact) mass is 357 g/mol. The molecule has 130 valence electrons. The maximum Gasteiger partial charge on any atom is 0.316 e. The number of carbonyl (C=O) groups is 1. The molecule has 0 amide bonds. The van der Waals surface area contributed by atoms with Gasteiger partial charge in [-0.1, -0.05) is 30.3 Å². The summed E-state index contributed by atoms with van der Waals surface area (Å²) in [4.78, 5) is 13.6. The Balaban J connectivity index is 0.000000326. The first-order chi connectivity index (χ1) is 12.0. The lowest BCUT2D eigenvalue weighted by Crippen LogP contribution is -2.06. The van der Waals surface area contributed by atoms with Gasteiger partial charge in [0, 0.05) is 5.56 Å². The van der Waals surface area contributed by atoms with Crippen LogP contribution >= 0.6 is 12.6 Å². The summed E-state index contributed by atoms with van der Waals surface area (Å²) in [6.07, 6.45) is 3.16. The number of ether oxygens (including phenoxy) is 1. The maximum atomic E-state index is 9.62. The molecule has 0 aliphatic carbocycles. The van der Waals surface area contributed by atoms with Gasteiger partial charge < -0.3 is 14.3 Å². The van der Waals surface area contributed by atoms with Gasteiger partial charge in [-0.05, 0) is 36.2 Å². The van der Waals surface area contributed by atoms with Crippen LogP contribution in [0.15, 0.2) is 65.5 Å². The largest absolute Gasteiger partial charge is 0.497 e. The topological polar surface area (TPSA) is 72.6 Å². The lowest BCUT2D eigenvalue weighted by atomic mass is 10.0. The average Bonchev–Trinajstić information content (AvgIpc) is 3.17. The second kappa shape index (κ2) is 8.94. The van der Waals surface area contributed by atoms with Gasteiger partial charge in [-0.3, -0.25) is 4.79 Å². The summed E-state index contributed by atoms with van der Waals surface area (Å²) < 4.78 is 10.5. The Hall–Kier alpha value is -2.73. The number of rotatable bonds is 4. The second-order valence-corrected chi connectivity index (χ2v) is 5.96. The predicted octanol–water partition coefficient (Wildman–Crippen LogP) is 4.41. The summed E-state index contributed by atoms with van der Waals surface area (Å²) in [7, 11) is 1.67. The summed E-state index contributed by atoms with van der Waals surface area (Å²) in [6, 6.07) is 16.2. The van der Waals surface area contributed by atoms with E-state index in [2.05, 4.69) is 29.7 Å². The van der Waals surface area contributed by atoms with Crippen LogP contribution in [-0.2, 0) is 4.79 Å². The minimum Gasteiger partial charge on any atom is -0.497 e. The molecule has 0 radical (unpaired) electrons. The van der Waals surface area contributed by atoms with Crippen LogP contribution in [0.5, 0.6) is 5.75 Å². The number of aromatic nitrogens is 1. The molecule has 0 saturated carbocycles. The van der Waals surface area contributed by atoms with Crippen molar-refractivity contribution < 1.29 is 19.1 Å². The molecule has 6 heteroatoms. The van der Waals surface area contributed by atoms with E-state index in [4.69, 9.17) is 14.3 Å². The molecule has 25 heavy (non-hydrogen) atoms. The van der Waals surface area contributed by atoms with Gasteiger partial charge in [0.05, 0.1) is 18.6 Å². The fourth-order valence-electron chi connectivity index (χ4n) is 1.99. The van der Waals surface area contributed by atoms with Gasteiger partial charge in [0.25, 0.3) is 0 Å². The Labute approximate surface area is 151 Å². The van der Waals surface area contributed by atoms with Crippen LogP contribution in [0.1, 0.15) is 6.92 Å². The Morgan fingerprint density at radius 2 is 1.80 bits per heavy atom. The Kier molecular flexibility index (Phi) is 6.65. The van der Waals surface area contributed by atoms with Crippen molar-refractivity contribution >= 4 is 18.6 Å². The molecule has 2 aromatic carbocycles. The fraction of sp³-hybridized carbons (Fsp3) is 0.158. The summed E-state index contributed by atoms with van der Waals surface area (Å²) in [5.74, 6) is 0.754. The molecule has 1 heterocycles. The second-order valence-electron chi connectivity index (χ2n) is 5.19. The van der Waals surface area contributed by atoms with Crippen molar-refractivity contribution in [3.8, 4) is 28.2 Å². The molecule has 3 aromatic rings. The molecule has 0 saturated heterocycles. The highest BCUT2D eigenvalue weighted by atomic mass is 32.1. The lowest BCUT2D eigenvalue weighted by Gasteiger charge is -2.05. The number of aliphatic carboxylic acids is 1. The van der Waals surface area contributed by atoms with E-state index in [-0.39, 0.29) is 0 Å². The van der Waals surface area contributed by atoms with E-state index in [0.717, 1.165) is 28.2 Å². The van der Waals surface area contributed by atoms with E-state index in [1.54, 1.807) is 13.3 Å². The Morgan fingerprint density at radius 3 is 2.32 bits per heavy atom. The van der Waals surface area contributed by atoms with Crippen LogP contribution in [0.25, 0.3) is 22.5 Å². The van der Waals surface area contributed by atoms with E-state index >= 15 is 0 Å². The highest BCUT2D eigenvalue weighted by molar-refractivity contribution is 7.81. The fourth-order valence-corrected chi connectivity index (χ4v) is 1.99. The number of benzene rings is 2. The Bertz CT molecular complexity index is 799. The number of methoxy groups -OCH3 is 1. The van der Waals surface area contributed by atoms with Crippen molar-refractivity contribution in [2.45, 2.75) is 12.2 Å². The van der Waals surface area contributed by atoms with Crippen LogP contribution in [0.3, 0.4) is 0 Å². The van der Waals surface area contributed by atoms with E-state index in [1.165, 1.54) is 13.3 Å². The van der Waals surface area contributed by atoms with E-state index in [1.807, 2.05) is 36.4 Å². The summed E-state index contributed by atoms with van der Waals surface area (Å²) in [5.41, 5.74) is 3.30. The molecule has 0 aliphatic rings. The smallest absolute Gasteiger partial charge is 0.316 e. The molecule has 0 fully saturated rings. The van der Waals surface area contributed by atoms with Crippen molar-refractivity contribution in [2.24, 2.45) is 0 Å². The SMILES string of the molecule is CC(S)C(=O)O.COc1ccc(-c2cccc(-c3cnco3)c2)cc1. The molecule has 0 bridgehead atoms. The summed E-state index contributed by atoms with van der Waals surface area (Å²) >= 11 is 3.59. The van der Waals surface area contributed by atoms with Crippen LogP contribution in [0.4, 0.5) is 0 Å². The highest BCUT2D eigenvalue weighted by Crippen LogP contribution is 2.27. The van der Waals surface area contributed by atoms with Gasteiger partial charge in [-0.15, -0.1) is 0 Å². The molecule has 5 nitrogen and oxygen atoms in total. The van der Waals surface area contributed by atoms with Gasteiger partial charge in [0.1, 0.15) is 5.75 Å². The molecule has 1 unspecified atom stereocenters. The third-order valence-corrected chi connectivity index (χ3v) is 3.58. The average molecular weight is 357 g/mol. The van der Waals surface area contributed by atoms with E-state index in [9.17, 15) is 4.79 Å². The summed E-state index contributed by atoms with van der Waals surface area (Å²) in [5, 5.41) is 7.38. The molecule has 0 spiro atoms. The first kappa shape index (κ1) is 18.6. The van der Waals surface area contributed by atoms with Gasteiger partial charge >= 0.3 is 5.97 Å². The molecule has 1 N–H and O–H groups in total. The van der Waals surface area contributed by atoms with Crippen LogP contribution < -0.4 is 4.74 Å². The van der Waals surface area contributed by atoms with Crippen molar-refractivity contribution in [1.82, 2.24) is 4.98 Å². The van der Waals surface area contributed by atoms with E-state index < -0.39 is 11.2 Å². The summed E-state index contributed by atoms with van der Waals surface area (Å²) in [6.45, 7) is 1.51. The maximum absolute atomic E-state index is 9.62. The van der Waals surface area contributed by atoms with Crippen LogP contribution in [0, 0.1) is 0 Å². The number of oxazole rings is 1. The highest BCUT2D eigenvalue weighted by Gasteiger charge is 2.04. The Morgan fingerprint density at radius 1 is 1.16 bits per heavy atom. The lowest BCUT2D eigenvalue weighted by molar-refractivity contribution is -0.136. The normalized spacial score (nSPS) is 11.2. The zero-order chi connectivity index (χ0) is 18.2. The number of nitrogens with zero attached hydrogens (tertiary/aromatic N) is 1. The van der Waals surface area contributed by atoms with Gasteiger partial charge in [0.15, 0.2) is 12.2 Å². The van der Waals surface area contributed by atoms with Crippen molar-refractivity contribution in [3.63, 3.8) is 0 Å². The van der Waals surface area contributed by atoms with Gasteiger partial charge in [0.2, 0.25) is 0 Å². The number of hydrogen-bond donors (Lipinski definition) is 2. The van der Waals surface area contributed by atoms with Crippen molar-refractivity contribution in [1.29, 1.82) is 0 Å². The molecule has 1 atom stereocenters. The van der Waals surface area contributed by atoms with Crippen LogP contribution in [-0.4, -0.2) is 28.4 Å². The van der Waals surface area contributed by atoms with Gasteiger partial charge in [-0.2, -0.15) is 12.6 Å². The third-order valence-electron chi connectivity index (χ3n) is 3.36. The quantitative estimate of drug-likeness (QED) is 0.677. The van der Waals surface area contributed by atoms with Crippen LogP contribution in [0.2, 0.25) is 0 Å². The third kappa shape index (κ3) is 5.39. The zero-order valence-electron chi connectivity index (χ0n) is 13.9. The first-order valence-electron chi connectivity index (χ1n) is 7.55. The van der Waals surface area contributed by atoms with Crippen molar-refractivity contribution in [3.05, 3.63) is 61.1 Å². The number of carboxylic acids is 1. The minimum absolute atomic E-state index is 0.537. The van der Waals surface area contributed by atoms with Gasteiger partial charge in [-0.25, -0.2) is 4.98 Å². The van der Waals surface area contributed by atoms with E-state index in [0.29, 0.717) is 0 Å². The number of carboxylic acid groups (broad SMARTS) is 1. The standard InChI is InChI=1S/C16H13NO2.C3H6O2S/c1-18-15-7-5-12(6-8-15)13-3-2-4-14(9-13)16-10-17-11-19-16;1-2(6)3(4)5/h2-11H,1H3;2,6H,1H3,(H,4,5). The minimum atomic E-state index is -0.877. The number of thiol groups is 1. The first-order valence-corrected chi connectivity index (χ1v) is 8.07. The molecule has 3 rings (SSSR count). The molecule has 0 aliphatic heterocycles.